The topological polar surface area (TPSA) is 42.1 Å². The first kappa shape index (κ1) is 7.16. The van der Waals surface area contributed by atoms with E-state index in [4.69, 9.17) is 4.74 Å². The van der Waals surface area contributed by atoms with E-state index in [-0.39, 0.29) is 5.78 Å². The van der Waals surface area contributed by atoms with E-state index in [0.717, 1.165) is 5.69 Å². The Hall–Kier alpha value is -1.51. The molecule has 1 aliphatic heterocycles. The number of rotatable bonds is 1. The molecule has 3 heteroatoms. The van der Waals surface area contributed by atoms with E-state index < -0.39 is 0 Å². The van der Waals surface area contributed by atoms with Gasteiger partial charge >= 0.3 is 0 Å². The first-order chi connectivity index (χ1) is 5.86. The third-order valence-electron chi connectivity index (χ3n) is 1.76. The second kappa shape index (κ2) is 2.85. The molecule has 0 spiro atoms. The fourth-order valence-corrected chi connectivity index (χ4v) is 1.16. The van der Waals surface area contributed by atoms with Gasteiger partial charge in [-0.05, 0) is 12.1 Å². The molecule has 2 rings (SSSR count). The minimum atomic E-state index is 0.130. The van der Waals surface area contributed by atoms with E-state index in [2.05, 4.69) is 4.98 Å². The first-order valence-corrected chi connectivity index (χ1v) is 3.87. The lowest BCUT2D eigenvalue weighted by molar-refractivity contribution is -0.115. The summed E-state index contributed by atoms with van der Waals surface area (Å²) in [5, 5.41) is 0. The highest BCUT2D eigenvalue weighted by Crippen LogP contribution is 2.17. The fraction of sp³-hybridized carbons (Fsp3) is 0.222. The molecule has 3 nitrogen and oxygen atoms in total. The van der Waals surface area contributed by atoms with E-state index >= 15 is 0 Å². The van der Waals surface area contributed by atoms with Gasteiger partial charge in [-0.3, -0.25) is 4.79 Å². The number of aromatic amines is 1. The molecule has 0 aliphatic carbocycles. The molecule has 62 valence electrons. The molecule has 0 radical (unpaired) electrons. The zero-order valence-corrected chi connectivity index (χ0v) is 6.54. The summed E-state index contributed by atoms with van der Waals surface area (Å²) in [4.78, 5) is 14.0. The van der Waals surface area contributed by atoms with Gasteiger partial charge in [0.05, 0.1) is 12.3 Å². The molecule has 1 N–H and O–H groups in total. The number of ether oxygens (including phenoxy) is 1. The van der Waals surface area contributed by atoms with Gasteiger partial charge in [-0.2, -0.15) is 0 Å². The lowest BCUT2D eigenvalue weighted by Gasteiger charge is -2.12. The molecule has 1 aromatic rings. The highest BCUT2D eigenvalue weighted by atomic mass is 16.5. The van der Waals surface area contributed by atoms with Gasteiger partial charge in [-0.1, -0.05) is 0 Å². The van der Waals surface area contributed by atoms with Crippen LogP contribution in [0.15, 0.2) is 24.4 Å². The smallest absolute Gasteiger partial charge is 0.162 e. The predicted molar refractivity (Wildman–Crippen MR) is 44.3 cm³/mol. The van der Waals surface area contributed by atoms with Crippen LogP contribution in [-0.2, 0) is 9.53 Å². The minimum absolute atomic E-state index is 0.130. The molecular weight excluding hydrogens is 154 g/mol. The number of ketones is 1. The van der Waals surface area contributed by atoms with Crippen LogP contribution in [0.3, 0.4) is 0 Å². The normalized spacial score (nSPS) is 17.0. The molecule has 0 bridgehead atoms. The molecule has 0 fully saturated rings. The van der Waals surface area contributed by atoms with Crippen LogP contribution in [0, 0.1) is 0 Å². The van der Waals surface area contributed by atoms with Crippen molar-refractivity contribution >= 4 is 11.5 Å². The van der Waals surface area contributed by atoms with Crippen LogP contribution in [0.2, 0.25) is 0 Å². The maximum Gasteiger partial charge on any atom is 0.162 e. The highest BCUT2D eigenvalue weighted by molar-refractivity contribution is 5.96. The third kappa shape index (κ3) is 1.25. The van der Waals surface area contributed by atoms with Crippen LogP contribution >= 0.6 is 0 Å². The minimum Gasteiger partial charge on any atom is -0.491 e. The van der Waals surface area contributed by atoms with Crippen molar-refractivity contribution in [3.8, 4) is 0 Å². The number of H-pyrrole nitrogens is 1. The molecule has 0 saturated carbocycles. The summed E-state index contributed by atoms with van der Waals surface area (Å²) in [6, 6.07) is 3.75. The molecule has 12 heavy (non-hydrogen) atoms. The molecule has 1 aromatic heterocycles. The average molecular weight is 163 g/mol. The molecule has 0 unspecified atom stereocenters. The molecule has 0 amide bonds. The van der Waals surface area contributed by atoms with E-state index in [1.54, 1.807) is 6.20 Å². The van der Waals surface area contributed by atoms with Gasteiger partial charge in [-0.25, -0.2) is 0 Å². The van der Waals surface area contributed by atoms with E-state index in [1.165, 1.54) is 6.08 Å². The van der Waals surface area contributed by atoms with Crippen molar-refractivity contribution in [1.29, 1.82) is 0 Å². The van der Waals surface area contributed by atoms with Crippen molar-refractivity contribution in [1.82, 2.24) is 4.98 Å². The van der Waals surface area contributed by atoms with Crippen LogP contribution < -0.4 is 0 Å². The monoisotopic (exact) mass is 163 g/mol. The quantitative estimate of drug-likeness (QED) is 0.678. The third-order valence-corrected chi connectivity index (χ3v) is 1.76. The SMILES string of the molecule is O=C1C=C(c2ccc[nH]2)OCC1. The molecular formula is C9H9NO2. The molecule has 0 atom stereocenters. The van der Waals surface area contributed by atoms with E-state index in [0.29, 0.717) is 18.8 Å². The van der Waals surface area contributed by atoms with Crippen molar-refractivity contribution in [2.45, 2.75) is 6.42 Å². The van der Waals surface area contributed by atoms with Crippen LogP contribution in [0.1, 0.15) is 12.1 Å². The van der Waals surface area contributed by atoms with E-state index in [1.807, 2.05) is 12.1 Å². The van der Waals surface area contributed by atoms with Gasteiger partial charge in [-0.15, -0.1) is 0 Å². The number of carbonyl (C=O) groups excluding carboxylic acids is 1. The number of carbonyl (C=O) groups is 1. The molecule has 2 heterocycles. The van der Waals surface area contributed by atoms with Gasteiger partial charge < -0.3 is 9.72 Å². The van der Waals surface area contributed by atoms with Crippen molar-refractivity contribution in [3.63, 3.8) is 0 Å². The number of aromatic nitrogens is 1. The van der Waals surface area contributed by atoms with Crippen LogP contribution in [-0.4, -0.2) is 17.4 Å². The van der Waals surface area contributed by atoms with Crippen LogP contribution in [0.5, 0.6) is 0 Å². The zero-order valence-electron chi connectivity index (χ0n) is 6.54. The second-order valence-electron chi connectivity index (χ2n) is 2.66. The second-order valence-corrected chi connectivity index (χ2v) is 2.66. The molecule has 0 saturated heterocycles. The number of allylic oxidation sites excluding steroid dienone is 1. The van der Waals surface area contributed by atoms with Gasteiger partial charge in [0.1, 0.15) is 5.76 Å². The van der Waals surface area contributed by atoms with Crippen LogP contribution in [0.4, 0.5) is 0 Å². The summed E-state index contributed by atoms with van der Waals surface area (Å²) >= 11 is 0. The lowest BCUT2D eigenvalue weighted by atomic mass is 10.2. The summed E-state index contributed by atoms with van der Waals surface area (Å²) in [7, 11) is 0. The maximum absolute atomic E-state index is 11.0. The first-order valence-electron chi connectivity index (χ1n) is 3.87. The summed E-state index contributed by atoms with van der Waals surface area (Å²) in [6.45, 7) is 0.490. The summed E-state index contributed by atoms with van der Waals surface area (Å²) in [6.07, 6.45) is 3.83. The van der Waals surface area contributed by atoms with Crippen LogP contribution in [0.25, 0.3) is 5.76 Å². The molecule has 1 aliphatic rings. The lowest BCUT2D eigenvalue weighted by Crippen LogP contribution is -2.09. The molecule has 0 aromatic carbocycles. The maximum atomic E-state index is 11.0. The highest BCUT2D eigenvalue weighted by Gasteiger charge is 2.12. The largest absolute Gasteiger partial charge is 0.491 e. The van der Waals surface area contributed by atoms with Crippen molar-refractivity contribution < 1.29 is 9.53 Å². The van der Waals surface area contributed by atoms with Gasteiger partial charge in [0.2, 0.25) is 0 Å². The van der Waals surface area contributed by atoms with Gasteiger partial charge in [0, 0.05) is 18.7 Å². The Balaban J connectivity index is 2.29. The summed E-state index contributed by atoms with van der Waals surface area (Å²) < 4.78 is 5.30. The van der Waals surface area contributed by atoms with E-state index in [9.17, 15) is 4.79 Å². The van der Waals surface area contributed by atoms with Gasteiger partial charge in [0.25, 0.3) is 0 Å². The van der Waals surface area contributed by atoms with Crippen molar-refractivity contribution in [2.24, 2.45) is 0 Å². The Bertz CT molecular complexity index is 311. The number of nitrogens with one attached hydrogen (secondary N) is 1. The Labute approximate surface area is 70.0 Å². The Morgan fingerprint density at radius 2 is 2.42 bits per heavy atom. The number of hydrogen-bond donors (Lipinski definition) is 1. The standard InChI is InChI=1S/C9H9NO2/c11-7-3-5-12-9(6-7)8-2-1-4-10-8/h1-2,4,6,10H,3,5H2. The zero-order chi connectivity index (χ0) is 8.39. The Morgan fingerprint density at radius 1 is 1.50 bits per heavy atom. The summed E-state index contributed by atoms with van der Waals surface area (Å²) in [5.41, 5.74) is 0.864. The fourth-order valence-electron chi connectivity index (χ4n) is 1.16. The summed E-state index contributed by atoms with van der Waals surface area (Å²) in [5.74, 6) is 0.780. The average Bonchev–Trinajstić information content (AvgIpc) is 2.56. The Morgan fingerprint density at radius 3 is 3.08 bits per heavy atom. The van der Waals surface area contributed by atoms with Crippen molar-refractivity contribution in [2.75, 3.05) is 6.61 Å². The van der Waals surface area contributed by atoms with Gasteiger partial charge in [0.15, 0.2) is 5.78 Å². The number of hydrogen-bond acceptors (Lipinski definition) is 2. The Kier molecular flexibility index (Phi) is 1.70. The van der Waals surface area contributed by atoms with Crippen molar-refractivity contribution in [3.05, 3.63) is 30.1 Å². The predicted octanol–water partition coefficient (Wildman–Crippen LogP) is 1.34.